The Balaban J connectivity index is 1.41. The van der Waals surface area contributed by atoms with E-state index in [2.05, 4.69) is 37.1 Å². The topological polar surface area (TPSA) is 72.3 Å². The summed E-state index contributed by atoms with van der Waals surface area (Å²) in [5, 5.41) is 12.6. The highest BCUT2D eigenvalue weighted by Gasteiger charge is 2.23. The summed E-state index contributed by atoms with van der Waals surface area (Å²) in [5.41, 5.74) is 1.79. The number of benzene rings is 2. The molecule has 0 saturated heterocycles. The van der Waals surface area contributed by atoms with Crippen molar-refractivity contribution in [1.82, 2.24) is 25.0 Å². The molecular formula is C23H26ClN5O2. The van der Waals surface area contributed by atoms with Crippen LogP contribution in [0.3, 0.4) is 0 Å². The number of rotatable bonds is 6. The van der Waals surface area contributed by atoms with Gasteiger partial charge in [-0.1, -0.05) is 29.8 Å². The first-order chi connectivity index (χ1) is 15.0. The molecule has 0 saturated carbocycles. The van der Waals surface area contributed by atoms with E-state index >= 15 is 0 Å². The highest BCUT2D eigenvalue weighted by atomic mass is 35.5. The molecule has 8 heteroatoms. The van der Waals surface area contributed by atoms with E-state index in [0.717, 1.165) is 49.3 Å². The summed E-state index contributed by atoms with van der Waals surface area (Å²) in [6.45, 7) is 5.38. The van der Waals surface area contributed by atoms with Crippen molar-refractivity contribution in [2.24, 2.45) is 0 Å². The molecule has 0 unspecified atom stereocenters. The maximum Gasteiger partial charge on any atom is 0.251 e. The van der Waals surface area contributed by atoms with Gasteiger partial charge < -0.3 is 14.6 Å². The number of methoxy groups -OCH3 is 1. The number of hydrogen-bond donors (Lipinski definition) is 1. The Bertz CT molecular complexity index is 1050. The van der Waals surface area contributed by atoms with Crippen molar-refractivity contribution in [2.45, 2.75) is 32.5 Å². The van der Waals surface area contributed by atoms with Gasteiger partial charge in [-0.3, -0.25) is 9.69 Å². The summed E-state index contributed by atoms with van der Waals surface area (Å²) in [4.78, 5) is 15.1. The number of fused-ring (bicyclic) bond motifs is 1. The van der Waals surface area contributed by atoms with Crippen LogP contribution in [0, 0.1) is 0 Å². The SMILES string of the molecule is COc1cccc(C(=O)N[C@H](C)c2nnc3n2CCN(Cc2ccc(Cl)cc2)CC3)c1. The predicted molar refractivity (Wildman–Crippen MR) is 119 cm³/mol. The lowest BCUT2D eigenvalue weighted by molar-refractivity contribution is 0.0937. The van der Waals surface area contributed by atoms with E-state index in [1.807, 2.05) is 25.1 Å². The molecule has 0 aliphatic carbocycles. The summed E-state index contributed by atoms with van der Waals surface area (Å²) in [7, 11) is 1.58. The molecule has 0 bridgehead atoms. The first-order valence-corrected chi connectivity index (χ1v) is 10.7. The third kappa shape index (κ3) is 5.06. The molecular weight excluding hydrogens is 414 g/mol. The fraction of sp³-hybridized carbons (Fsp3) is 0.348. The van der Waals surface area contributed by atoms with Gasteiger partial charge in [0.1, 0.15) is 11.6 Å². The number of carbonyl (C=O) groups excluding carboxylic acids is 1. The molecule has 1 aliphatic heterocycles. The number of amides is 1. The van der Waals surface area contributed by atoms with E-state index in [4.69, 9.17) is 16.3 Å². The quantitative estimate of drug-likeness (QED) is 0.636. The highest BCUT2D eigenvalue weighted by molar-refractivity contribution is 6.30. The molecule has 0 spiro atoms. The average Bonchev–Trinajstić information content (AvgIpc) is 3.09. The largest absolute Gasteiger partial charge is 0.497 e. The number of aromatic nitrogens is 3. The van der Waals surface area contributed by atoms with Crippen LogP contribution in [0.25, 0.3) is 0 Å². The maximum absolute atomic E-state index is 12.7. The van der Waals surface area contributed by atoms with Gasteiger partial charge in [-0.05, 0) is 42.8 Å². The molecule has 2 aromatic carbocycles. The lowest BCUT2D eigenvalue weighted by atomic mass is 10.2. The molecule has 1 aliphatic rings. The van der Waals surface area contributed by atoms with Gasteiger partial charge in [0.05, 0.1) is 13.2 Å². The second-order valence-electron chi connectivity index (χ2n) is 7.71. The smallest absolute Gasteiger partial charge is 0.251 e. The molecule has 3 aromatic rings. The van der Waals surface area contributed by atoms with E-state index in [0.29, 0.717) is 11.3 Å². The molecule has 7 nitrogen and oxygen atoms in total. The number of hydrogen-bond acceptors (Lipinski definition) is 5. The fourth-order valence-corrected chi connectivity index (χ4v) is 3.95. The third-order valence-corrected chi connectivity index (χ3v) is 5.79. The molecule has 4 rings (SSSR count). The van der Waals surface area contributed by atoms with Crippen molar-refractivity contribution in [3.63, 3.8) is 0 Å². The monoisotopic (exact) mass is 439 g/mol. The Hall–Kier alpha value is -2.90. The Morgan fingerprint density at radius 1 is 1.16 bits per heavy atom. The standard InChI is InChI=1S/C23H26ClN5O2/c1-16(25-23(30)18-4-3-5-20(14-18)31-2)22-27-26-21-10-11-28(12-13-29(21)22)15-17-6-8-19(24)9-7-17/h3-9,14,16H,10-13,15H2,1-2H3,(H,25,30)/t16-/m1/s1. The van der Waals surface area contributed by atoms with E-state index in [1.165, 1.54) is 5.56 Å². The molecule has 31 heavy (non-hydrogen) atoms. The number of ether oxygens (including phenoxy) is 1. The van der Waals surface area contributed by atoms with Crippen molar-refractivity contribution < 1.29 is 9.53 Å². The lowest BCUT2D eigenvalue weighted by Crippen LogP contribution is -2.30. The zero-order chi connectivity index (χ0) is 21.8. The van der Waals surface area contributed by atoms with Crippen LogP contribution >= 0.6 is 11.6 Å². The van der Waals surface area contributed by atoms with Gasteiger partial charge in [-0.2, -0.15) is 0 Å². The van der Waals surface area contributed by atoms with Crippen molar-refractivity contribution in [3.8, 4) is 5.75 Å². The van der Waals surface area contributed by atoms with Gasteiger partial charge >= 0.3 is 0 Å². The Labute approximate surface area is 187 Å². The zero-order valence-electron chi connectivity index (χ0n) is 17.7. The second kappa shape index (κ2) is 9.49. The normalized spacial score (nSPS) is 15.1. The first-order valence-electron chi connectivity index (χ1n) is 10.4. The van der Waals surface area contributed by atoms with E-state index in [1.54, 1.807) is 25.3 Å². The fourth-order valence-electron chi connectivity index (χ4n) is 3.82. The third-order valence-electron chi connectivity index (χ3n) is 5.53. The van der Waals surface area contributed by atoms with E-state index < -0.39 is 0 Å². The highest BCUT2D eigenvalue weighted by Crippen LogP contribution is 2.19. The van der Waals surface area contributed by atoms with Crippen LogP contribution in [0.4, 0.5) is 0 Å². The number of carbonyl (C=O) groups is 1. The number of halogens is 1. The van der Waals surface area contributed by atoms with Crippen molar-refractivity contribution >= 4 is 17.5 Å². The first kappa shape index (κ1) is 21.3. The minimum absolute atomic E-state index is 0.165. The minimum atomic E-state index is -0.261. The summed E-state index contributed by atoms with van der Waals surface area (Å²) in [6, 6.07) is 14.8. The summed E-state index contributed by atoms with van der Waals surface area (Å²) in [5.74, 6) is 2.22. The van der Waals surface area contributed by atoms with Crippen LogP contribution in [-0.2, 0) is 19.5 Å². The van der Waals surface area contributed by atoms with Crippen LogP contribution in [0.5, 0.6) is 5.75 Å². The van der Waals surface area contributed by atoms with Crippen LogP contribution in [0.2, 0.25) is 5.02 Å². The number of nitrogens with zero attached hydrogens (tertiary/aromatic N) is 4. The van der Waals surface area contributed by atoms with Crippen LogP contribution < -0.4 is 10.1 Å². The van der Waals surface area contributed by atoms with Gasteiger partial charge in [0.15, 0.2) is 5.82 Å². The molecule has 1 aromatic heterocycles. The van der Waals surface area contributed by atoms with Crippen molar-refractivity contribution in [3.05, 3.63) is 76.3 Å². The maximum atomic E-state index is 12.7. The van der Waals surface area contributed by atoms with Gasteiger partial charge in [-0.15, -0.1) is 10.2 Å². The molecule has 0 fully saturated rings. The Kier molecular flexibility index (Phi) is 6.53. The lowest BCUT2D eigenvalue weighted by Gasteiger charge is -2.20. The molecule has 2 heterocycles. The Morgan fingerprint density at radius 2 is 1.97 bits per heavy atom. The van der Waals surface area contributed by atoms with Crippen LogP contribution in [-0.4, -0.2) is 45.8 Å². The predicted octanol–water partition coefficient (Wildman–Crippen LogP) is 3.49. The molecule has 0 radical (unpaired) electrons. The second-order valence-corrected chi connectivity index (χ2v) is 8.14. The molecule has 162 valence electrons. The van der Waals surface area contributed by atoms with Crippen molar-refractivity contribution in [2.75, 3.05) is 20.2 Å². The zero-order valence-corrected chi connectivity index (χ0v) is 18.5. The average molecular weight is 440 g/mol. The minimum Gasteiger partial charge on any atom is -0.497 e. The van der Waals surface area contributed by atoms with Gasteiger partial charge in [0.25, 0.3) is 5.91 Å². The van der Waals surface area contributed by atoms with E-state index in [9.17, 15) is 4.79 Å². The summed E-state index contributed by atoms with van der Waals surface area (Å²) in [6.07, 6.45) is 0.817. The summed E-state index contributed by atoms with van der Waals surface area (Å²) >= 11 is 6.00. The van der Waals surface area contributed by atoms with Gasteiger partial charge in [0, 0.05) is 43.2 Å². The van der Waals surface area contributed by atoms with Crippen molar-refractivity contribution in [1.29, 1.82) is 0 Å². The number of nitrogens with one attached hydrogen (secondary N) is 1. The Morgan fingerprint density at radius 3 is 2.74 bits per heavy atom. The molecule has 1 N–H and O–H groups in total. The van der Waals surface area contributed by atoms with E-state index in [-0.39, 0.29) is 11.9 Å². The molecule has 1 amide bonds. The van der Waals surface area contributed by atoms with Crippen LogP contribution in [0.1, 0.15) is 40.5 Å². The molecule has 1 atom stereocenters. The van der Waals surface area contributed by atoms with Gasteiger partial charge in [0.2, 0.25) is 0 Å². The summed E-state index contributed by atoms with van der Waals surface area (Å²) < 4.78 is 7.35. The van der Waals surface area contributed by atoms with Crippen LogP contribution in [0.15, 0.2) is 48.5 Å². The van der Waals surface area contributed by atoms with Gasteiger partial charge in [-0.25, -0.2) is 0 Å².